The van der Waals surface area contributed by atoms with E-state index in [0.717, 1.165) is 0 Å². The molecule has 120 valence electrons. The van der Waals surface area contributed by atoms with Crippen molar-refractivity contribution in [3.63, 3.8) is 0 Å². The van der Waals surface area contributed by atoms with Crippen molar-refractivity contribution in [3.8, 4) is 11.8 Å². The molecule has 0 amide bonds. The van der Waals surface area contributed by atoms with Crippen LogP contribution in [0.25, 0.3) is 0 Å². The third kappa shape index (κ3) is 2.58. The number of nitrogens with zero attached hydrogens (tertiary/aromatic N) is 2. The Morgan fingerprint density at radius 2 is 2.14 bits per heavy atom. The lowest BCUT2D eigenvalue weighted by molar-refractivity contribution is -0.0959. The Hall–Kier alpha value is -1.62. The van der Waals surface area contributed by atoms with E-state index in [2.05, 4.69) is 0 Å². The van der Waals surface area contributed by atoms with Crippen LogP contribution in [0.1, 0.15) is 37.9 Å². The number of sulfonamides is 1. The molecule has 3 atom stereocenters. The first-order valence-corrected chi connectivity index (χ1v) is 8.64. The van der Waals surface area contributed by atoms with E-state index >= 15 is 0 Å². The highest BCUT2D eigenvalue weighted by Gasteiger charge is 2.49. The molecule has 2 rings (SSSR count). The topological polar surface area (TPSA) is 90.6 Å². The molecule has 1 unspecified atom stereocenters. The number of benzene rings is 1. The van der Waals surface area contributed by atoms with Crippen LogP contribution in [0.4, 0.5) is 0 Å². The molecular weight excluding hydrogens is 304 g/mol. The minimum Gasteiger partial charge on any atom is -0.487 e. The molecule has 6 nitrogen and oxygen atoms in total. The Balaban J connectivity index is 2.66. The molecule has 22 heavy (non-hydrogen) atoms. The van der Waals surface area contributed by atoms with Crippen LogP contribution in [0.2, 0.25) is 0 Å². The van der Waals surface area contributed by atoms with Gasteiger partial charge in [-0.1, -0.05) is 0 Å². The maximum Gasteiger partial charge on any atom is 0.214 e. The minimum atomic E-state index is -3.52. The summed E-state index contributed by atoms with van der Waals surface area (Å²) in [5.41, 5.74) is -0.528. The maximum absolute atomic E-state index is 12.3. The van der Waals surface area contributed by atoms with Crippen molar-refractivity contribution >= 4 is 10.0 Å². The van der Waals surface area contributed by atoms with Crippen molar-refractivity contribution in [1.82, 2.24) is 4.31 Å². The Morgan fingerprint density at radius 3 is 2.68 bits per heavy atom. The number of ether oxygens (including phenoxy) is 1. The molecule has 1 aliphatic rings. The van der Waals surface area contributed by atoms with Crippen LogP contribution in [0.3, 0.4) is 0 Å². The fourth-order valence-electron chi connectivity index (χ4n) is 2.71. The Labute approximate surface area is 131 Å². The van der Waals surface area contributed by atoms with E-state index < -0.39 is 27.8 Å². The zero-order chi connectivity index (χ0) is 16.7. The predicted octanol–water partition coefficient (Wildman–Crippen LogP) is 1.41. The smallest absolute Gasteiger partial charge is 0.214 e. The van der Waals surface area contributed by atoms with Crippen LogP contribution < -0.4 is 4.74 Å². The molecule has 1 N–H and O–H groups in total. The number of fused-ring (bicyclic) bond motifs is 1. The van der Waals surface area contributed by atoms with Crippen LogP contribution in [-0.2, 0) is 10.0 Å². The van der Waals surface area contributed by atoms with E-state index in [4.69, 9.17) is 10.00 Å². The van der Waals surface area contributed by atoms with Crippen molar-refractivity contribution in [2.24, 2.45) is 0 Å². The van der Waals surface area contributed by atoms with E-state index in [1.165, 1.54) is 11.4 Å². The second kappa shape index (κ2) is 5.54. The van der Waals surface area contributed by atoms with Gasteiger partial charge in [-0.25, -0.2) is 8.42 Å². The number of hydrogen-bond acceptors (Lipinski definition) is 5. The number of hydrogen-bond donors (Lipinski definition) is 1. The summed E-state index contributed by atoms with van der Waals surface area (Å²) in [7, 11) is -2.08. The molecular formula is C15H20N2O4S. The normalized spacial score (nSPS) is 27.9. The minimum absolute atomic E-state index is 0.0708. The summed E-state index contributed by atoms with van der Waals surface area (Å²) in [6, 6.07) is 6.02. The van der Waals surface area contributed by atoms with Gasteiger partial charge in [-0.2, -0.15) is 9.57 Å². The van der Waals surface area contributed by atoms with Crippen LogP contribution >= 0.6 is 0 Å². The highest BCUT2D eigenvalue weighted by atomic mass is 32.2. The molecule has 0 saturated heterocycles. The summed E-state index contributed by atoms with van der Waals surface area (Å²) in [5, 5.41) is 19.9. The molecule has 1 aromatic rings. The van der Waals surface area contributed by atoms with Crippen LogP contribution in [0.5, 0.6) is 5.75 Å². The van der Waals surface area contributed by atoms with Crippen LogP contribution in [0, 0.1) is 11.3 Å². The molecule has 0 radical (unpaired) electrons. The Bertz CT molecular complexity index is 722. The van der Waals surface area contributed by atoms with E-state index in [1.54, 1.807) is 39.0 Å². The van der Waals surface area contributed by atoms with Crippen LogP contribution in [-0.4, -0.2) is 42.3 Å². The van der Waals surface area contributed by atoms with Crippen molar-refractivity contribution in [1.29, 1.82) is 5.26 Å². The molecule has 1 aliphatic heterocycles. The van der Waals surface area contributed by atoms with Gasteiger partial charge in [-0.3, -0.25) is 0 Å². The van der Waals surface area contributed by atoms with Crippen molar-refractivity contribution in [2.75, 3.05) is 12.8 Å². The number of rotatable bonds is 3. The molecule has 1 heterocycles. The van der Waals surface area contributed by atoms with Gasteiger partial charge in [0.05, 0.1) is 23.4 Å². The fourth-order valence-corrected chi connectivity index (χ4v) is 3.77. The Morgan fingerprint density at radius 1 is 1.50 bits per heavy atom. The predicted molar refractivity (Wildman–Crippen MR) is 81.8 cm³/mol. The molecule has 0 aliphatic carbocycles. The lowest BCUT2D eigenvalue weighted by Gasteiger charge is -2.46. The van der Waals surface area contributed by atoms with Gasteiger partial charge in [0.25, 0.3) is 0 Å². The Kier molecular flexibility index (Phi) is 4.22. The molecule has 0 fully saturated rings. The first-order valence-electron chi connectivity index (χ1n) is 7.04. The third-order valence-corrected chi connectivity index (χ3v) is 6.10. The number of nitriles is 1. The standard InChI is InChI=1S/C15H20N2O4S/c1-5-22(19,20)17(4)14-12-8-11(9-16)6-7-13(12)21-10(2)15(14,3)18/h6-8,10,14,18H,5H2,1-4H3/t10-,14+,15?/m0/s1. The summed E-state index contributed by atoms with van der Waals surface area (Å²) in [4.78, 5) is 0. The molecule has 0 aromatic heterocycles. The zero-order valence-electron chi connectivity index (χ0n) is 13.1. The molecule has 7 heteroatoms. The maximum atomic E-state index is 12.3. The van der Waals surface area contributed by atoms with Crippen molar-refractivity contribution < 1.29 is 18.3 Å². The zero-order valence-corrected chi connectivity index (χ0v) is 13.9. The fraction of sp³-hybridized carbons (Fsp3) is 0.533. The monoisotopic (exact) mass is 324 g/mol. The first-order chi connectivity index (χ1) is 10.1. The molecule has 0 spiro atoms. The molecule has 0 bridgehead atoms. The highest BCUT2D eigenvalue weighted by molar-refractivity contribution is 7.89. The van der Waals surface area contributed by atoms with Gasteiger partial charge >= 0.3 is 0 Å². The van der Waals surface area contributed by atoms with E-state index in [9.17, 15) is 13.5 Å². The molecule has 1 aromatic carbocycles. The average Bonchev–Trinajstić information content (AvgIpc) is 2.47. The summed E-state index contributed by atoms with van der Waals surface area (Å²) in [5.74, 6) is 0.416. The number of likely N-dealkylation sites (N-methyl/N-ethyl adjacent to an activating group) is 1. The first kappa shape index (κ1) is 16.7. The van der Waals surface area contributed by atoms with Gasteiger partial charge in [0, 0.05) is 12.6 Å². The van der Waals surface area contributed by atoms with E-state index in [1.807, 2.05) is 6.07 Å². The average molecular weight is 324 g/mol. The van der Waals surface area contributed by atoms with Gasteiger partial charge < -0.3 is 9.84 Å². The summed E-state index contributed by atoms with van der Waals surface area (Å²) < 4.78 is 31.4. The van der Waals surface area contributed by atoms with Crippen molar-refractivity contribution in [2.45, 2.75) is 38.5 Å². The lowest BCUT2D eigenvalue weighted by atomic mass is 9.83. The van der Waals surface area contributed by atoms with Gasteiger partial charge in [0.2, 0.25) is 10.0 Å². The van der Waals surface area contributed by atoms with Gasteiger partial charge in [-0.05, 0) is 39.0 Å². The van der Waals surface area contributed by atoms with Crippen LogP contribution in [0.15, 0.2) is 18.2 Å². The van der Waals surface area contributed by atoms with E-state index in [-0.39, 0.29) is 5.75 Å². The van der Waals surface area contributed by atoms with Gasteiger partial charge in [-0.15, -0.1) is 0 Å². The summed E-state index contributed by atoms with van der Waals surface area (Å²) in [6.45, 7) is 4.79. The third-order valence-electron chi connectivity index (χ3n) is 4.28. The largest absolute Gasteiger partial charge is 0.487 e. The second-order valence-corrected chi connectivity index (χ2v) is 7.99. The summed E-state index contributed by atoms with van der Waals surface area (Å²) in [6.07, 6.45) is -0.590. The summed E-state index contributed by atoms with van der Waals surface area (Å²) >= 11 is 0. The number of aliphatic hydroxyl groups is 1. The highest BCUT2D eigenvalue weighted by Crippen LogP contribution is 2.45. The quantitative estimate of drug-likeness (QED) is 0.908. The lowest BCUT2D eigenvalue weighted by Crippen LogP contribution is -2.55. The molecule has 0 saturated carbocycles. The van der Waals surface area contributed by atoms with Gasteiger partial charge in [0.1, 0.15) is 17.5 Å². The SMILES string of the molecule is CCS(=O)(=O)N(C)[C@@H]1c2cc(C#N)ccc2O[C@@H](C)C1(C)O. The van der Waals surface area contributed by atoms with Crippen molar-refractivity contribution in [3.05, 3.63) is 29.3 Å². The second-order valence-electron chi connectivity index (χ2n) is 5.67. The van der Waals surface area contributed by atoms with E-state index in [0.29, 0.717) is 16.9 Å². The van der Waals surface area contributed by atoms with Gasteiger partial charge in [0.15, 0.2) is 0 Å².